The monoisotopic (exact) mass is 277 g/mol. The average Bonchev–Trinajstić information content (AvgIpc) is 2.86. The lowest BCUT2D eigenvalue weighted by molar-refractivity contribution is 0.0698. The first-order chi connectivity index (χ1) is 9.47. The molecule has 1 fully saturated rings. The summed E-state index contributed by atoms with van der Waals surface area (Å²) in [6.45, 7) is 7.41. The van der Waals surface area contributed by atoms with E-state index in [-0.39, 0.29) is 5.56 Å². The van der Waals surface area contributed by atoms with Crippen molar-refractivity contribution in [3.05, 3.63) is 23.8 Å². The van der Waals surface area contributed by atoms with E-state index in [0.717, 1.165) is 26.1 Å². The molecule has 1 atom stereocenters. The van der Waals surface area contributed by atoms with Gasteiger partial charge in [-0.05, 0) is 50.9 Å². The summed E-state index contributed by atoms with van der Waals surface area (Å²) in [6, 6.07) is 5.54. The summed E-state index contributed by atoms with van der Waals surface area (Å²) in [7, 11) is 0. The third-order valence-corrected chi connectivity index (χ3v) is 3.90. The molecule has 4 N–H and O–H groups in total. The molecule has 1 aromatic rings. The van der Waals surface area contributed by atoms with E-state index >= 15 is 0 Å². The maximum absolute atomic E-state index is 11.2. The van der Waals surface area contributed by atoms with E-state index < -0.39 is 5.97 Å². The predicted molar refractivity (Wildman–Crippen MR) is 81.1 cm³/mol. The Morgan fingerprint density at radius 3 is 2.90 bits per heavy atom. The van der Waals surface area contributed by atoms with Gasteiger partial charge in [0.25, 0.3) is 0 Å². The second-order valence-electron chi connectivity index (χ2n) is 5.73. The van der Waals surface area contributed by atoms with Crippen molar-refractivity contribution in [2.24, 2.45) is 5.92 Å². The number of hydrogen-bond donors (Lipinski definition) is 3. The SMILES string of the molecule is CC(C)N1CCC(CNc2ccc(N)cc2C(=O)O)C1. The van der Waals surface area contributed by atoms with E-state index in [4.69, 9.17) is 5.73 Å². The highest BCUT2D eigenvalue weighted by molar-refractivity contribution is 5.95. The number of nitrogens with zero attached hydrogens (tertiary/aromatic N) is 1. The van der Waals surface area contributed by atoms with Crippen molar-refractivity contribution < 1.29 is 9.90 Å². The number of hydrogen-bond acceptors (Lipinski definition) is 4. The third-order valence-electron chi connectivity index (χ3n) is 3.90. The molecule has 1 aromatic carbocycles. The van der Waals surface area contributed by atoms with Gasteiger partial charge in [-0.3, -0.25) is 0 Å². The quantitative estimate of drug-likeness (QED) is 0.718. The second kappa shape index (κ2) is 6.13. The fourth-order valence-electron chi connectivity index (χ4n) is 2.65. The molecule has 1 aliphatic heterocycles. The van der Waals surface area contributed by atoms with E-state index in [1.54, 1.807) is 12.1 Å². The number of nitrogens with two attached hydrogens (primary N) is 1. The number of aromatic carboxylic acids is 1. The number of carboxylic acid groups (broad SMARTS) is 1. The zero-order valence-electron chi connectivity index (χ0n) is 12.1. The largest absolute Gasteiger partial charge is 0.478 e. The topological polar surface area (TPSA) is 78.6 Å². The number of rotatable bonds is 5. The highest BCUT2D eigenvalue weighted by atomic mass is 16.4. The predicted octanol–water partition coefficient (Wildman–Crippen LogP) is 2.11. The summed E-state index contributed by atoms with van der Waals surface area (Å²) in [5, 5.41) is 12.5. The molecule has 2 rings (SSSR count). The van der Waals surface area contributed by atoms with Crippen molar-refractivity contribution in [2.75, 3.05) is 30.7 Å². The van der Waals surface area contributed by atoms with Gasteiger partial charge in [0.1, 0.15) is 0 Å². The van der Waals surface area contributed by atoms with Crippen LogP contribution in [0.4, 0.5) is 11.4 Å². The molecule has 0 aliphatic carbocycles. The van der Waals surface area contributed by atoms with Crippen LogP contribution in [0.5, 0.6) is 0 Å². The van der Waals surface area contributed by atoms with Crippen molar-refractivity contribution in [3.8, 4) is 0 Å². The molecule has 0 amide bonds. The normalized spacial score (nSPS) is 19.4. The van der Waals surface area contributed by atoms with Crippen LogP contribution in [0.2, 0.25) is 0 Å². The molecule has 0 spiro atoms. The number of benzene rings is 1. The van der Waals surface area contributed by atoms with E-state index in [1.807, 2.05) is 0 Å². The summed E-state index contributed by atoms with van der Waals surface area (Å²) in [5.74, 6) is -0.383. The standard InChI is InChI=1S/C15H23N3O2/c1-10(2)18-6-5-11(9-18)8-17-14-4-3-12(16)7-13(14)15(19)20/h3-4,7,10-11,17H,5-6,8-9,16H2,1-2H3,(H,19,20). The number of anilines is 2. The van der Waals surface area contributed by atoms with Gasteiger partial charge in [0.15, 0.2) is 0 Å². The van der Waals surface area contributed by atoms with Crippen molar-refractivity contribution in [3.63, 3.8) is 0 Å². The molecule has 0 bridgehead atoms. The Morgan fingerprint density at radius 2 is 2.30 bits per heavy atom. The summed E-state index contributed by atoms with van der Waals surface area (Å²) in [6.07, 6.45) is 1.16. The fourth-order valence-corrected chi connectivity index (χ4v) is 2.65. The molecule has 1 aliphatic rings. The molecule has 0 radical (unpaired) electrons. The zero-order valence-corrected chi connectivity index (χ0v) is 12.1. The second-order valence-corrected chi connectivity index (χ2v) is 5.73. The molecule has 0 saturated carbocycles. The Kier molecular flexibility index (Phi) is 4.49. The molecule has 0 aromatic heterocycles. The Balaban J connectivity index is 1.96. The van der Waals surface area contributed by atoms with Crippen LogP contribution < -0.4 is 11.1 Å². The maximum Gasteiger partial charge on any atom is 0.337 e. The van der Waals surface area contributed by atoms with E-state index in [1.165, 1.54) is 6.07 Å². The lowest BCUT2D eigenvalue weighted by Crippen LogP contribution is -2.29. The fraction of sp³-hybridized carbons (Fsp3) is 0.533. The van der Waals surface area contributed by atoms with Crippen molar-refractivity contribution in [1.29, 1.82) is 0 Å². The summed E-state index contributed by atoms with van der Waals surface area (Å²) < 4.78 is 0. The van der Waals surface area contributed by atoms with Gasteiger partial charge < -0.3 is 21.1 Å². The smallest absolute Gasteiger partial charge is 0.337 e. The molecule has 1 unspecified atom stereocenters. The van der Waals surface area contributed by atoms with Crippen LogP contribution >= 0.6 is 0 Å². The van der Waals surface area contributed by atoms with Gasteiger partial charge in [0, 0.05) is 30.5 Å². The molecule has 5 nitrogen and oxygen atoms in total. The molecule has 110 valence electrons. The number of carboxylic acids is 1. The van der Waals surface area contributed by atoms with Gasteiger partial charge in [-0.15, -0.1) is 0 Å². The number of carbonyl (C=O) groups is 1. The van der Waals surface area contributed by atoms with Gasteiger partial charge >= 0.3 is 5.97 Å². The van der Waals surface area contributed by atoms with E-state index in [0.29, 0.717) is 23.3 Å². The number of nitrogen functional groups attached to an aromatic ring is 1. The first kappa shape index (κ1) is 14.7. The number of likely N-dealkylation sites (tertiary alicyclic amines) is 1. The van der Waals surface area contributed by atoms with Gasteiger partial charge in [0.05, 0.1) is 5.56 Å². The minimum absolute atomic E-state index is 0.240. The Morgan fingerprint density at radius 1 is 1.55 bits per heavy atom. The third kappa shape index (κ3) is 3.42. The zero-order chi connectivity index (χ0) is 14.7. The lowest BCUT2D eigenvalue weighted by atomic mass is 10.1. The minimum Gasteiger partial charge on any atom is -0.478 e. The molecule has 1 saturated heterocycles. The molecule has 5 heteroatoms. The Labute approximate surface area is 119 Å². The number of nitrogens with one attached hydrogen (secondary N) is 1. The van der Waals surface area contributed by atoms with Crippen LogP contribution in [0.1, 0.15) is 30.6 Å². The lowest BCUT2D eigenvalue weighted by Gasteiger charge is -2.20. The van der Waals surface area contributed by atoms with Gasteiger partial charge in [0.2, 0.25) is 0 Å². The summed E-state index contributed by atoms with van der Waals surface area (Å²) in [5.41, 5.74) is 7.00. The van der Waals surface area contributed by atoms with Gasteiger partial charge in [-0.25, -0.2) is 4.79 Å². The molecule has 20 heavy (non-hydrogen) atoms. The van der Waals surface area contributed by atoms with Crippen LogP contribution in [0, 0.1) is 5.92 Å². The van der Waals surface area contributed by atoms with Crippen LogP contribution in [-0.4, -0.2) is 41.7 Å². The van der Waals surface area contributed by atoms with Crippen molar-refractivity contribution >= 4 is 17.3 Å². The average molecular weight is 277 g/mol. The molecular formula is C15H23N3O2. The summed E-state index contributed by atoms with van der Waals surface area (Å²) in [4.78, 5) is 13.7. The van der Waals surface area contributed by atoms with Gasteiger partial charge in [-0.2, -0.15) is 0 Å². The van der Waals surface area contributed by atoms with Crippen LogP contribution in [0.15, 0.2) is 18.2 Å². The Hall–Kier alpha value is -1.75. The highest BCUT2D eigenvalue weighted by Gasteiger charge is 2.24. The van der Waals surface area contributed by atoms with Crippen molar-refractivity contribution in [1.82, 2.24) is 4.90 Å². The first-order valence-corrected chi connectivity index (χ1v) is 7.08. The van der Waals surface area contributed by atoms with Crippen LogP contribution in [0.25, 0.3) is 0 Å². The van der Waals surface area contributed by atoms with Crippen LogP contribution in [-0.2, 0) is 0 Å². The Bertz CT molecular complexity index is 488. The van der Waals surface area contributed by atoms with E-state index in [2.05, 4.69) is 24.1 Å². The first-order valence-electron chi connectivity index (χ1n) is 7.08. The highest BCUT2D eigenvalue weighted by Crippen LogP contribution is 2.22. The minimum atomic E-state index is -0.949. The summed E-state index contributed by atoms with van der Waals surface area (Å²) >= 11 is 0. The van der Waals surface area contributed by atoms with Crippen LogP contribution in [0.3, 0.4) is 0 Å². The molecule has 1 heterocycles. The molecular weight excluding hydrogens is 254 g/mol. The van der Waals surface area contributed by atoms with E-state index in [9.17, 15) is 9.90 Å². The van der Waals surface area contributed by atoms with Crippen molar-refractivity contribution in [2.45, 2.75) is 26.3 Å². The van der Waals surface area contributed by atoms with Gasteiger partial charge in [-0.1, -0.05) is 0 Å². The maximum atomic E-state index is 11.2.